The van der Waals surface area contributed by atoms with E-state index in [-0.39, 0.29) is 16.4 Å². The van der Waals surface area contributed by atoms with Crippen LogP contribution >= 0.6 is 11.6 Å². The molecule has 1 heterocycles. The molecule has 0 bridgehead atoms. The number of amides is 1. The van der Waals surface area contributed by atoms with Crippen LogP contribution in [0, 0.1) is 16.8 Å². The minimum absolute atomic E-state index is 0.0249. The molecule has 0 aliphatic rings. The number of benzene rings is 1. The third-order valence-corrected chi connectivity index (χ3v) is 2.62. The Morgan fingerprint density at radius 1 is 1.26 bits per heavy atom. The predicted molar refractivity (Wildman–Crippen MR) is 64.7 cm³/mol. The minimum Gasteiger partial charge on any atom is -0.618 e. The van der Waals surface area contributed by atoms with E-state index in [9.17, 15) is 18.8 Å². The lowest BCUT2D eigenvalue weighted by Gasteiger charge is -2.06. The van der Waals surface area contributed by atoms with E-state index in [2.05, 4.69) is 5.32 Å². The molecule has 0 aliphatic heterocycles. The number of rotatable bonds is 2. The van der Waals surface area contributed by atoms with E-state index in [1.165, 1.54) is 24.3 Å². The lowest BCUT2D eigenvalue weighted by Crippen LogP contribution is -2.29. The molecule has 1 aromatic carbocycles. The summed E-state index contributed by atoms with van der Waals surface area (Å²) < 4.78 is 26.6. The van der Waals surface area contributed by atoms with Crippen LogP contribution in [-0.4, -0.2) is 5.91 Å². The first-order valence-corrected chi connectivity index (χ1v) is 5.51. The van der Waals surface area contributed by atoms with Gasteiger partial charge in [0.05, 0.1) is 5.69 Å². The summed E-state index contributed by atoms with van der Waals surface area (Å²) in [7, 11) is 0. The van der Waals surface area contributed by atoms with E-state index < -0.39 is 17.5 Å². The summed E-state index contributed by atoms with van der Waals surface area (Å²) in [5, 5.41) is 13.2. The van der Waals surface area contributed by atoms with Crippen LogP contribution in [-0.2, 0) is 0 Å². The maximum Gasteiger partial charge on any atom is 0.286 e. The molecule has 0 saturated carbocycles. The summed E-state index contributed by atoms with van der Waals surface area (Å²) in [5.74, 6) is -2.99. The molecule has 0 saturated heterocycles. The molecule has 1 aromatic heterocycles. The Hall–Kier alpha value is -2.21. The molecule has 4 nitrogen and oxygen atoms in total. The lowest BCUT2D eigenvalue weighted by molar-refractivity contribution is -0.603. The average molecular weight is 285 g/mol. The van der Waals surface area contributed by atoms with E-state index in [1.807, 2.05) is 0 Å². The fraction of sp³-hybridized carbons (Fsp3) is 0. The maximum atomic E-state index is 13.3. The Kier molecular flexibility index (Phi) is 3.62. The second-order valence-corrected chi connectivity index (χ2v) is 4.01. The van der Waals surface area contributed by atoms with Crippen LogP contribution in [0.4, 0.5) is 14.5 Å². The standard InChI is InChI=1S/C12H7ClF2N2O2/c13-10-5-4-7(6-17(10)19)12(18)16-9-3-1-2-8(14)11(9)15/h1-6H,(H,16,18). The zero-order chi connectivity index (χ0) is 14.0. The number of pyridine rings is 1. The van der Waals surface area contributed by atoms with Gasteiger partial charge in [-0.25, -0.2) is 8.78 Å². The van der Waals surface area contributed by atoms with Crippen LogP contribution in [0.15, 0.2) is 36.5 Å². The highest BCUT2D eigenvalue weighted by molar-refractivity contribution is 6.28. The Balaban J connectivity index is 2.26. The van der Waals surface area contributed by atoms with Crippen LogP contribution in [0.5, 0.6) is 0 Å². The largest absolute Gasteiger partial charge is 0.618 e. The molecule has 7 heteroatoms. The van der Waals surface area contributed by atoms with Gasteiger partial charge in [-0.3, -0.25) is 4.79 Å². The summed E-state index contributed by atoms with van der Waals surface area (Å²) in [5.41, 5.74) is -0.333. The number of halogens is 3. The highest BCUT2D eigenvalue weighted by Gasteiger charge is 2.15. The zero-order valence-corrected chi connectivity index (χ0v) is 10.1. The van der Waals surface area contributed by atoms with Gasteiger partial charge >= 0.3 is 0 Å². The van der Waals surface area contributed by atoms with Crippen molar-refractivity contribution in [2.75, 3.05) is 5.32 Å². The number of carbonyl (C=O) groups is 1. The summed E-state index contributed by atoms with van der Waals surface area (Å²) >= 11 is 5.50. The summed E-state index contributed by atoms with van der Waals surface area (Å²) in [6, 6.07) is 5.91. The van der Waals surface area contributed by atoms with Crippen molar-refractivity contribution in [3.05, 3.63) is 64.1 Å². The molecule has 0 fully saturated rings. The van der Waals surface area contributed by atoms with Crippen molar-refractivity contribution in [2.24, 2.45) is 0 Å². The first-order chi connectivity index (χ1) is 8.99. The number of nitrogens with one attached hydrogen (secondary N) is 1. The van der Waals surface area contributed by atoms with Gasteiger partial charge in [0.2, 0.25) is 0 Å². The molecule has 0 atom stereocenters. The topological polar surface area (TPSA) is 56.0 Å². The second-order valence-electron chi connectivity index (χ2n) is 3.62. The lowest BCUT2D eigenvalue weighted by atomic mass is 10.2. The number of hydrogen-bond acceptors (Lipinski definition) is 2. The van der Waals surface area contributed by atoms with Gasteiger partial charge < -0.3 is 10.5 Å². The second kappa shape index (κ2) is 5.19. The van der Waals surface area contributed by atoms with Gasteiger partial charge in [0.25, 0.3) is 11.1 Å². The fourth-order valence-corrected chi connectivity index (χ4v) is 1.50. The molecule has 0 radical (unpaired) electrons. The fourth-order valence-electron chi connectivity index (χ4n) is 1.39. The average Bonchev–Trinajstić information content (AvgIpc) is 2.38. The molecular formula is C12H7ClF2N2O2. The SMILES string of the molecule is O=C(Nc1cccc(F)c1F)c1ccc(Cl)[n+]([O-])c1. The normalized spacial score (nSPS) is 10.3. The molecule has 1 N–H and O–H groups in total. The Labute approximate surface area is 111 Å². The van der Waals surface area contributed by atoms with E-state index in [0.29, 0.717) is 4.73 Å². The van der Waals surface area contributed by atoms with Crippen molar-refractivity contribution in [1.82, 2.24) is 0 Å². The highest BCUT2D eigenvalue weighted by Crippen LogP contribution is 2.17. The molecule has 0 spiro atoms. The molecule has 1 amide bonds. The number of nitrogens with zero attached hydrogens (tertiary/aromatic N) is 1. The minimum atomic E-state index is -1.17. The molecule has 2 aromatic rings. The Morgan fingerprint density at radius 3 is 2.68 bits per heavy atom. The first kappa shape index (κ1) is 13.2. The Bertz CT molecular complexity index is 650. The van der Waals surface area contributed by atoms with Gasteiger partial charge in [-0.05, 0) is 29.8 Å². The molecule has 0 aliphatic carbocycles. The quantitative estimate of drug-likeness (QED) is 0.523. The van der Waals surface area contributed by atoms with E-state index in [1.54, 1.807) is 0 Å². The molecule has 0 unspecified atom stereocenters. The van der Waals surface area contributed by atoms with Crippen LogP contribution in [0.1, 0.15) is 10.4 Å². The van der Waals surface area contributed by atoms with Gasteiger partial charge in [0.1, 0.15) is 5.56 Å². The van der Waals surface area contributed by atoms with Gasteiger partial charge in [-0.1, -0.05) is 6.07 Å². The third-order valence-electron chi connectivity index (χ3n) is 2.33. The van der Waals surface area contributed by atoms with Crippen molar-refractivity contribution in [3.63, 3.8) is 0 Å². The molecular weight excluding hydrogens is 278 g/mol. The number of aromatic nitrogens is 1. The van der Waals surface area contributed by atoms with Gasteiger partial charge in [0.15, 0.2) is 17.8 Å². The van der Waals surface area contributed by atoms with E-state index >= 15 is 0 Å². The molecule has 2 rings (SSSR count). The van der Waals surface area contributed by atoms with Crippen LogP contribution < -0.4 is 10.0 Å². The predicted octanol–water partition coefficient (Wildman–Crippen LogP) is 2.50. The van der Waals surface area contributed by atoms with Crippen LogP contribution in [0.2, 0.25) is 5.15 Å². The molecule has 19 heavy (non-hydrogen) atoms. The van der Waals surface area contributed by atoms with Crippen molar-refractivity contribution in [3.8, 4) is 0 Å². The number of hydrogen-bond donors (Lipinski definition) is 1. The van der Waals surface area contributed by atoms with E-state index in [0.717, 1.165) is 12.3 Å². The van der Waals surface area contributed by atoms with Crippen molar-refractivity contribution in [2.45, 2.75) is 0 Å². The smallest absolute Gasteiger partial charge is 0.286 e. The first-order valence-electron chi connectivity index (χ1n) is 5.13. The van der Waals surface area contributed by atoms with Gasteiger partial charge in [0, 0.05) is 6.07 Å². The number of anilines is 1. The van der Waals surface area contributed by atoms with Crippen LogP contribution in [0.25, 0.3) is 0 Å². The van der Waals surface area contributed by atoms with Gasteiger partial charge in [-0.2, -0.15) is 4.73 Å². The zero-order valence-electron chi connectivity index (χ0n) is 9.36. The summed E-state index contributed by atoms with van der Waals surface area (Å²) in [4.78, 5) is 11.7. The summed E-state index contributed by atoms with van der Waals surface area (Å²) in [6.45, 7) is 0. The monoisotopic (exact) mass is 284 g/mol. The molecule has 98 valence electrons. The third kappa shape index (κ3) is 2.79. The van der Waals surface area contributed by atoms with Gasteiger partial charge in [-0.15, -0.1) is 0 Å². The summed E-state index contributed by atoms with van der Waals surface area (Å²) in [6.07, 6.45) is 0.939. The maximum absolute atomic E-state index is 13.3. The van der Waals surface area contributed by atoms with Crippen molar-refractivity contribution >= 4 is 23.2 Å². The van der Waals surface area contributed by atoms with Crippen molar-refractivity contribution in [1.29, 1.82) is 0 Å². The highest BCUT2D eigenvalue weighted by atomic mass is 35.5. The Morgan fingerprint density at radius 2 is 2.00 bits per heavy atom. The number of carbonyl (C=O) groups excluding carboxylic acids is 1. The van der Waals surface area contributed by atoms with Crippen molar-refractivity contribution < 1.29 is 18.3 Å². The van der Waals surface area contributed by atoms with E-state index in [4.69, 9.17) is 11.6 Å². The van der Waals surface area contributed by atoms with Crippen LogP contribution in [0.3, 0.4) is 0 Å².